The molecule has 3 aliphatic rings. The molecule has 5 rings (SSSR count). The maximum absolute atomic E-state index is 6.72. The Bertz CT molecular complexity index is 1140. The van der Waals surface area contributed by atoms with Crippen LogP contribution in [0, 0.1) is 5.92 Å². The van der Waals surface area contributed by atoms with Crippen LogP contribution in [0.25, 0.3) is 5.69 Å². The predicted molar refractivity (Wildman–Crippen MR) is 134 cm³/mol. The fourth-order valence-electron chi connectivity index (χ4n) is 4.88. The number of rotatable bonds is 8. The van der Waals surface area contributed by atoms with Crippen LogP contribution in [0.5, 0.6) is 17.2 Å². The van der Waals surface area contributed by atoms with Gasteiger partial charge in [0.25, 0.3) is 0 Å². The lowest BCUT2D eigenvalue weighted by Crippen LogP contribution is -2.53. The van der Waals surface area contributed by atoms with Crippen molar-refractivity contribution in [3.05, 3.63) is 36.4 Å². The Kier molecular flexibility index (Phi) is 6.25. The Morgan fingerprint density at radius 3 is 2.54 bits per heavy atom. The molecule has 1 unspecified atom stereocenters. The van der Waals surface area contributed by atoms with E-state index in [1.54, 1.807) is 27.7 Å². The number of hydrogen-bond donors (Lipinski definition) is 3. The molecule has 0 spiro atoms. The molecule has 0 amide bonds. The molecule has 1 saturated carbocycles. The molecule has 0 saturated heterocycles. The van der Waals surface area contributed by atoms with E-state index >= 15 is 0 Å². The molecule has 11 heteroatoms. The van der Waals surface area contributed by atoms with Crippen molar-refractivity contribution < 1.29 is 14.2 Å². The molecular weight excluding hydrogens is 448 g/mol. The number of hydrazine groups is 1. The molecule has 186 valence electrons. The number of nitrogens with one attached hydrogen (secondary N) is 2. The van der Waals surface area contributed by atoms with E-state index in [-0.39, 0.29) is 0 Å². The smallest absolute Gasteiger partial charge is 0.217 e. The summed E-state index contributed by atoms with van der Waals surface area (Å²) in [6.07, 6.45) is 13.3. The van der Waals surface area contributed by atoms with E-state index in [2.05, 4.69) is 30.7 Å². The second-order valence-corrected chi connectivity index (χ2v) is 8.94. The summed E-state index contributed by atoms with van der Waals surface area (Å²) in [5.41, 5.74) is 11.6. The Labute approximate surface area is 204 Å². The topological polar surface area (TPSA) is 124 Å². The van der Waals surface area contributed by atoms with Crippen molar-refractivity contribution in [1.82, 2.24) is 20.0 Å². The van der Waals surface area contributed by atoms with Crippen LogP contribution in [0.15, 0.2) is 46.4 Å². The van der Waals surface area contributed by atoms with Crippen molar-refractivity contribution in [3.63, 3.8) is 0 Å². The molecule has 1 fully saturated rings. The number of nitrogens with two attached hydrogens (primary N) is 1. The molecular formula is C24H32N8O3. The first-order valence-corrected chi connectivity index (χ1v) is 11.8. The number of anilines is 1. The Morgan fingerprint density at radius 1 is 1.11 bits per heavy atom. The molecule has 2 aliphatic heterocycles. The lowest BCUT2D eigenvalue weighted by atomic mass is 9.89. The minimum atomic E-state index is -1.19. The highest BCUT2D eigenvalue weighted by molar-refractivity contribution is 6.07. The summed E-state index contributed by atoms with van der Waals surface area (Å²) >= 11 is 0. The normalized spacial score (nSPS) is 21.7. The fraction of sp³-hybridized carbons (Fsp3) is 0.458. The summed E-state index contributed by atoms with van der Waals surface area (Å²) < 4.78 is 18.2. The zero-order valence-corrected chi connectivity index (χ0v) is 20.3. The summed E-state index contributed by atoms with van der Waals surface area (Å²) in [4.78, 5) is 13.5. The third kappa shape index (κ3) is 4.39. The van der Waals surface area contributed by atoms with Gasteiger partial charge in [0.05, 0.1) is 38.8 Å². The third-order valence-electron chi connectivity index (χ3n) is 6.73. The number of aromatic nitrogens is 2. The first-order chi connectivity index (χ1) is 17.0. The minimum absolute atomic E-state index is 0.528. The molecule has 1 aromatic carbocycles. The fourth-order valence-corrected chi connectivity index (χ4v) is 4.88. The van der Waals surface area contributed by atoms with Gasteiger partial charge in [-0.25, -0.2) is 15.0 Å². The molecule has 11 nitrogen and oxygen atoms in total. The average molecular weight is 481 g/mol. The zero-order valence-electron chi connectivity index (χ0n) is 20.3. The summed E-state index contributed by atoms with van der Waals surface area (Å²) in [5.74, 6) is 2.45. The number of aliphatic imine (C=N–C) groups is 2. The van der Waals surface area contributed by atoms with Crippen molar-refractivity contribution in [2.75, 3.05) is 33.2 Å². The first-order valence-electron chi connectivity index (χ1n) is 11.8. The molecule has 1 atom stereocenters. The van der Waals surface area contributed by atoms with E-state index in [0.29, 0.717) is 29.0 Å². The van der Waals surface area contributed by atoms with Gasteiger partial charge in [0.1, 0.15) is 18.5 Å². The van der Waals surface area contributed by atoms with Crippen LogP contribution in [0.3, 0.4) is 0 Å². The molecule has 0 radical (unpaired) electrons. The highest BCUT2D eigenvalue weighted by atomic mass is 16.5. The van der Waals surface area contributed by atoms with Crippen LogP contribution in [0.1, 0.15) is 32.1 Å². The van der Waals surface area contributed by atoms with Gasteiger partial charge in [0.2, 0.25) is 11.5 Å². The zero-order chi connectivity index (χ0) is 24.4. The summed E-state index contributed by atoms with van der Waals surface area (Å²) in [6, 6.07) is 3.70. The Balaban J connectivity index is 1.33. The van der Waals surface area contributed by atoms with E-state index in [1.807, 2.05) is 29.1 Å². The van der Waals surface area contributed by atoms with E-state index in [9.17, 15) is 0 Å². The molecule has 1 aromatic heterocycles. The molecule has 0 bridgehead atoms. The quantitative estimate of drug-likeness (QED) is 0.493. The van der Waals surface area contributed by atoms with Crippen LogP contribution in [-0.4, -0.2) is 60.4 Å². The van der Waals surface area contributed by atoms with E-state index in [4.69, 9.17) is 19.9 Å². The number of hydrogen-bond acceptors (Lipinski definition) is 10. The van der Waals surface area contributed by atoms with Crippen molar-refractivity contribution in [2.24, 2.45) is 21.6 Å². The van der Waals surface area contributed by atoms with Crippen LogP contribution < -0.4 is 30.7 Å². The van der Waals surface area contributed by atoms with E-state index in [1.165, 1.54) is 38.4 Å². The molecule has 4 N–H and O–H groups in total. The summed E-state index contributed by atoms with van der Waals surface area (Å²) in [6.45, 7) is 0.901. The number of nitrogens with zero attached hydrogens (tertiary/aromatic N) is 5. The van der Waals surface area contributed by atoms with Crippen molar-refractivity contribution in [2.45, 2.75) is 37.9 Å². The molecule has 3 heterocycles. The second kappa shape index (κ2) is 9.49. The second-order valence-electron chi connectivity index (χ2n) is 8.94. The minimum Gasteiger partial charge on any atom is -0.493 e. The lowest BCUT2D eigenvalue weighted by Gasteiger charge is -2.32. The monoisotopic (exact) mass is 480 g/mol. The van der Waals surface area contributed by atoms with Crippen LogP contribution in [0.4, 0.5) is 5.82 Å². The Morgan fingerprint density at radius 2 is 1.86 bits per heavy atom. The van der Waals surface area contributed by atoms with Crippen LogP contribution >= 0.6 is 0 Å². The van der Waals surface area contributed by atoms with Gasteiger partial charge in [-0.05, 0) is 18.8 Å². The van der Waals surface area contributed by atoms with Gasteiger partial charge >= 0.3 is 0 Å². The highest BCUT2D eigenvalue weighted by Crippen LogP contribution is 2.39. The van der Waals surface area contributed by atoms with Crippen molar-refractivity contribution in [3.8, 4) is 22.9 Å². The summed E-state index contributed by atoms with van der Waals surface area (Å²) in [7, 11) is 4.74. The molecule has 35 heavy (non-hydrogen) atoms. The maximum atomic E-state index is 6.72. The molecule has 2 aromatic rings. The van der Waals surface area contributed by atoms with Gasteiger partial charge < -0.3 is 29.5 Å². The Hall–Kier alpha value is -3.73. The number of amidine groups is 1. The number of benzene rings is 1. The average Bonchev–Trinajstić information content (AvgIpc) is 3.51. The SMILES string of the molecule is COc1cc(-n2cnc(NC3(N)N=CN=C4C3=CNN4CC3CCCCC3)c2)cc(OC)c1OC. The number of methoxy groups -OCH3 is 3. The van der Waals surface area contributed by atoms with Gasteiger partial charge in [-0.15, -0.1) is 0 Å². The van der Waals surface area contributed by atoms with Crippen LogP contribution in [-0.2, 0) is 0 Å². The number of ether oxygens (including phenoxy) is 3. The number of fused-ring (bicyclic) bond motifs is 1. The highest BCUT2D eigenvalue weighted by Gasteiger charge is 2.40. The van der Waals surface area contributed by atoms with Crippen LogP contribution in [0.2, 0.25) is 0 Å². The predicted octanol–water partition coefficient (Wildman–Crippen LogP) is 2.65. The largest absolute Gasteiger partial charge is 0.493 e. The van der Waals surface area contributed by atoms with Gasteiger partial charge in [0, 0.05) is 24.9 Å². The lowest BCUT2D eigenvalue weighted by molar-refractivity contribution is 0.252. The van der Waals surface area contributed by atoms with Crippen molar-refractivity contribution in [1.29, 1.82) is 0 Å². The first kappa shape index (κ1) is 23.0. The standard InChI is InChI=1S/C24H32N8O3/c1-33-19-9-17(10-20(34-2)22(19)35-3)31-13-21(27-15-31)30-24(25)18-11-29-32(23(18)26-14-28-24)12-16-7-5-4-6-8-16/h9-11,13-16,29-30H,4-8,12,25H2,1-3H3. The van der Waals surface area contributed by atoms with Gasteiger partial charge in [-0.3, -0.25) is 10.7 Å². The van der Waals surface area contributed by atoms with Crippen molar-refractivity contribution >= 4 is 18.0 Å². The molecule has 1 aliphatic carbocycles. The maximum Gasteiger partial charge on any atom is 0.217 e. The van der Waals surface area contributed by atoms with Gasteiger partial charge in [-0.2, -0.15) is 0 Å². The van der Waals surface area contributed by atoms with Gasteiger partial charge in [0.15, 0.2) is 17.3 Å². The number of imidazole rings is 1. The third-order valence-corrected chi connectivity index (χ3v) is 6.73. The summed E-state index contributed by atoms with van der Waals surface area (Å²) in [5, 5.41) is 5.35. The van der Waals surface area contributed by atoms with E-state index in [0.717, 1.165) is 23.6 Å². The van der Waals surface area contributed by atoms with Gasteiger partial charge in [-0.1, -0.05) is 19.3 Å². The van der Waals surface area contributed by atoms with E-state index < -0.39 is 5.79 Å².